The monoisotopic (exact) mass is 411 g/mol. The molecule has 4 aromatic rings. The van der Waals surface area contributed by atoms with Crippen LogP contribution in [0, 0.1) is 18.3 Å². The molecule has 3 aromatic heterocycles. The van der Waals surface area contributed by atoms with Gasteiger partial charge in [0.1, 0.15) is 21.7 Å². The molecule has 0 spiro atoms. The smallest absolute Gasteiger partial charge is 0.267 e. The van der Waals surface area contributed by atoms with Crippen LogP contribution < -0.4 is 5.56 Å². The second kappa shape index (κ2) is 7.12. The van der Waals surface area contributed by atoms with Crippen molar-refractivity contribution in [3.63, 3.8) is 0 Å². The third-order valence-corrected chi connectivity index (χ3v) is 6.13. The van der Waals surface area contributed by atoms with E-state index in [1.807, 2.05) is 31.2 Å². The summed E-state index contributed by atoms with van der Waals surface area (Å²) in [5, 5.41) is 10.4. The van der Waals surface area contributed by atoms with E-state index in [-0.39, 0.29) is 16.3 Å². The van der Waals surface area contributed by atoms with Crippen LogP contribution in [0.25, 0.3) is 16.7 Å². The molecule has 0 aliphatic rings. The molecule has 0 atom stereocenters. The summed E-state index contributed by atoms with van der Waals surface area (Å²) in [6.45, 7) is 1.92. The molecule has 0 bridgehead atoms. The molecule has 1 aromatic carbocycles. The van der Waals surface area contributed by atoms with E-state index in [0.29, 0.717) is 26.1 Å². The maximum Gasteiger partial charge on any atom is 0.267 e. The van der Waals surface area contributed by atoms with Crippen LogP contribution in [0.4, 0.5) is 0 Å². The number of nitriles is 1. The van der Waals surface area contributed by atoms with E-state index in [2.05, 4.69) is 14.3 Å². The molecule has 4 rings (SSSR count). The van der Waals surface area contributed by atoms with Crippen molar-refractivity contribution in [2.24, 2.45) is 0 Å². The van der Waals surface area contributed by atoms with Gasteiger partial charge in [-0.1, -0.05) is 23.7 Å². The van der Waals surface area contributed by atoms with Gasteiger partial charge in [0.2, 0.25) is 0 Å². The number of halogens is 1. The van der Waals surface area contributed by atoms with Crippen molar-refractivity contribution in [1.82, 2.24) is 18.9 Å². The van der Waals surface area contributed by atoms with Crippen molar-refractivity contribution in [3.05, 3.63) is 69.2 Å². The first-order valence-corrected chi connectivity index (χ1v) is 9.73. The molecule has 0 amide bonds. The summed E-state index contributed by atoms with van der Waals surface area (Å²) in [6, 6.07) is 12.8. The Labute approximate surface area is 167 Å². The molecule has 0 aliphatic heterocycles. The second-order valence-electron chi connectivity index (χ2n) is 5.59. The van der Waals surface area contributed by atoms with Crippen LogP contribution in [0.15, 0.2) is 56.8 Å². The van der Waals surface area contributed by atoms with Crippen LogP contribution in [0.1, 0.15) is 11.1 Å². The lowest BCUT2D eigenvalue weighted by Crippen LogP contribution is -2.22. The van der Waals surface area contributed by atoms with Gasteiger partial charge in [0, 0.05) is 6.20 Å². The van der Waals surface area contributed by atoms with E-state index in [4.69, 9.17) is 11.6 Å². The molecule has 0 aliphatic carbocycles. The average molecular weight is 412 g/mol. The average Bonchev–Trinajstić information content (AvgIpc) is 3.01. The van der Waals surface area contributed by atoms with Crippen molar-refractivity contribution in [3.8, 4) is 11.9 Å². The summed E-state index contributed by atoms with van der Waals surface area (Å²) in [5.74, 6) is 0.467. The van der Waals surface area contributed by atoms with Gasteiger partial charge < -0.3 is 0 Å². The first-order valence-electron chi connectivity index (χ1n) is 7.76. The minimum Gasteiger partial charge on any atom is -0.268 e. The molecule has 6 nitrogen and oxygen atoms in total. The molecule has 9 heteroatoms. The molecule has 0 saturated heterocycles. The number of benzene rings is 1. The van der Waals surface area contributed by atoms with Crippen LogP contribution in [0.5, 0.6) is 0 Å². The highest BCUT2D eigenvalue weighted by Crippen LogP contribution is 2.36. The fourth-order valence-corrected chi connectivity index (χ4v) is 4.67. The Hall–Kier alpha value is -2.73. The number of rotatable bonds is 3. The first kappa shape index (κ1) is 17.7. The Kier molecular flexibility index (Phi) is 4.66. The molecular weight excluding hydrogens is 402 g/mol. The highest BCUT2D eigenvalue weighted by atomic mass is 35.5. The molecule has 0 radical (unpaired) electrons. The number of aryl methyl sites for hydroxylation is 1. The minimum atomic E-state index is -0.227. The van der Waals surface area contributed by atoms with E-state index >= 15 is 0 Å². The Bertz CT molecular complexity index is 1270. The lowest BCUT2D eigenvalue weighted by atomic mass is 10.2. The van der Waals surface area contributed by atoms with Crippen LogP contribution in [0.2, 0.25) is 5.15 Å². The van der Waals surface area contributed by atoms with E-state index in [9.17, 15) is 10.1 Å². The van der Waals surface area contributed by atoms with Crippen molar-refractivity contribution in [1.29, 1.82) is 5.26 Å². The summed E-state index contributed by atoms with van der Waals surface area (Å²) in [6.07, 6.45) is 1.64. The van der Waals surface area contributed by atoms with E-state index in [1.165, 1.54) is 16.3 Å². The number of fused-ring (bicyclic) bond motifs is 1. The zero-order chi connectivity index (χ0) is 19.0. The first-order chi connectivity index (χ1) is 13.1. The number of para-hydroxylation sites is 1. The van der Waals surface area contributed by atoms with E-state index < -0.39 is 0 Å². The Balaban J connectivity index is 1.99. The summed E-state index contributed by atoms with van der Waals surface area (Å²) >= 11 is 8.25. The molecule has 27 heavy (non-hydrogen) atoms. The summed E-state index contributed by atoms with van der Waals surface area (Å²) in [4.78, 5) is 22.1. The zero-order valence-corrected chi connectivity index (χ0v) is 16.3. The molecule has 0 N–H and O–H groups in total. The Morgan fingerprint density at radius 3 is 2.89 bits per heavy atom. The predicted molar refractivity (Wildman–Crippen MR) is 106 cm³/mol. The van der Waals surface area contributed by atoms with Crippen molar-refractivity contribution in [2.75, 3.05) is 0 Å². The van der Waals surface area contributed by atoms with Gasteiger partial charge in [-0.3, -0.25) is 4.79 Å². The van der Waals surface area contributed by atoms with Crippen LogP contribution in [0.3, 0.4) is 0 Å². The predicted octanol–water partition coefficient (Wildman–Crippen LogP) is 4.22. The second-order valence-corrected chi connectivity index (χ2v) is 7.96. The van der Waals surface area contributed by atoms with Gasteiger partial charge in [-0.15, -0.1) is 0 Å². The fraction of sp³-hybridized carbons (Fsp3) is 0.0556. The maximum atomic E-state index is 13.2. The number of hydrogen-bond acceptors (Lipinski definition) is 7. The standard InChI is InChI=1S/C18H10ClN5OS2/c1-10-6-7-21-14(8-10)24-16(25)11-4-2-3-5-13(11)22-18(24)26-17-12(9-20)15(19)23-27-17/h2-8H,1H3. The normalized spacial score (nSPS) is 10.9. The lowest BCUT2D eigenvalue weighted by molar-refractivity contribution is 0.795. The highest BCUT2D eigenvalue weighted by molar-refractivity contribution is 8.01. The molecule has 132 valence electrons. The van der Waals surface area contributed by atoms with Gasteiger partial charge >= 0.3 is 0 Å². The zero-order valence-electron chi connectivity index (χ0n) is 13.9. The fourth-order valence-electron chi connectivity index (χ4n) is 2.53. The third-order valence-electron chi connectivity index (χ3n) is 3.79. The molecule has 0 saturated carbocycles. The topological polar surface area (TPSA) is 84.5 Å². The lowest BCUT2D eigenvalue weighted by Gasteiger charge is -2.12. The molecule has 0 unspecified atom stereocenters. The summed E-state index contributed by atoms with van der Waals surface area (Å²) in [5.41, 5.74) is 1.59. The van der Waals surface area contributed by atoms with Crippen molar-refractivity contribution < 1.29 is 0 Å². The number of aromatic nitrogens is 4. The van der Waals surface area contributed by atoms with Gasteiger partial charge in [0.25, 0.3) is 5.56 Å². The van der Waals surface area contributed by atoms with Crippen LogP contribution >= 0.6 is 34.9 Å². The highest BCUT2D eigenvalue weighted by Gasteiger charge is 2.19. The van der Waals surface area contributed by atoms with Crippen LogP contribution in [-0.4, -0.2) is 18.9 Å². The number of pyridine rings is 1. The minimum absolute atomic E-state index is 0.147. The van der Waals surface area contributed by atoms with Gasteiger partial charge in [0.05, 0.1) is 10.9 Å². The summed E-state index contributed by atoms with van der Waals surface area (Å²) in [7, 11) is 0. The maximum absolute atomic E-state index is 13.2. The Morgan fingerprint density at radius 2 is 2.11 bits per heavy atom. The van der Waals surface area contributed by atoms with E-state index in [1.54, 1.807) is 24.4 Å². The molecule has 3 heterocycles. The van der Waals surface area contributed by atoms with Crippen molar-refractivity contribution >= 4 is 45.8 Å². The SMILES string of the molecule is Cc1ccnc(-n2c(Sc3snc(Cl)c3C#N)nc3ccccc3c2=O)c1. The largest absolute Gasteiger partial charge is 0.268 e. The summed E-state index contributed by atoms with van der Waals surface area (Å²) < 4.78 is 6.05. The van der Waals surface area contributed by atoms with Gasteiger partial charge in [-0.25, -0.2) is 14.5 Å². The van der Waals surface area contributed by atoms with Gasteiger partial charge in [-0.05, 0) is 60.0 Å². The number of hydrogen-bond donors (Lipinski definition) is 0. The molecular formula is C18H10ClN5OS2. The Morgan fingerprint density at radius 1 is 1.30 bits per heavy atom. The van der Waals surface area contributed by atoms with Gasteiger partial charge in [-0.2, -0.15) is 9.64 Å². The number of nitrogens with zero attached hydrogens (tertiary/aromatic N) is 5. The van der Waals surface area contributed by atoms with E-state index in [0.717, 1.165) is 17.1 Å². The van der Waals surface area contributed by atoms with Gasteiger partial charge in [0.15, 0.2) is 10.3 Å². The van der Waals surface area contributed by atoms with Crippen molar-refractivity contribution in [2.45, 2.75) is 16.3 Å². The molecule has 0 fully saturated rings. The third kappa shape index (κ3) is 3.21. The van der Waals surface area contributed by atoms with Crippen LogP contribution in [-0.2, 0) is 0 Å². The quantitative estimate of drug-likeness (QED) is 0.469.